The van der Waals surface area contributed by atoms with Gasteiger partial charge in [0.05, 0.1) is 38.1 Å². The molecule has 0 bridgehead atoms. The second kappa shape index (κ2) is 22.9. The maximum atomic E-state index is 14.1. The van der Waals surface area contributed by atoms with E-state index in [-0.39, 0.29) is 59.1 Å². The predicted octanol–water partition coefficient (Wildman–Crippen LogP) is -1.93. The van der Waals surface area contributed by atoms with Crippen molar-refractivity contribution in [2.75, 3.05) is 19.8 Å². The molecular weight excluding hydrogens is 965 g/mol. The molecule has 12 unspecified atom stereocenters. The molecular formula is C51H82O22. The molecule has 0 radical (unpaired) electrons. The van der Waals surface area contributed by atoms with E-state index in [0.717, 1.165) is 19.3 Å². The highest BCUT2D eigenvalue weighted by Crippen LogP contribution is 2.66. The second-order valence-electron chi connectivity index (χ2n) is 23.2. The van der Waals surface area contributed by atoms with Crippen LogP contribution in [0, 0.1) is 46.3 Å². The molecule has 0 aromatic rings. The number of ketones is 2. The molecule has 4 saturated heterocycles. The first kappa shape index (κ1) is 57.5. The van der Waals surface area contributed by atoms with E-state index in [4.69, 9.17) is 37.9 Å². The van der Waals surface area contributed by atoms with E-state index in [1.54, 1.807) is 0 Å². The first-order chi connectivity index (χ1) is 34.4. The lowest BCUT2D eigenvalue weighted by Crippen LogP contribution is -2.66. The fourth-order valence-corrected chi connectivity index (χ4v) is 14.0. The van der Waals surface area contributed by atoms with Crippen molar-refractivity contribution in [3.05, 3.63) is 11.6 Å². The number of aliphatic hydroxyl groups excluding tert-OH is 12. The van der Waals surface area contributed by atoms with Gasteiger partial charge in [-0.15, -0.1) is 0 Å². The van der Waals surface area contributed by atoms with E-state index >= 15 is 0 Å². The summed E-state index contributed by atoms with van der Waals surface area (Å²) in [5.74, 6) is -0.436. The van der Waals surface area contributed by atoms with Crippen LogP contribution in [-0.2, 0) is 47.5 Å². The third-order valence-electron chi connectivity index (χ3n) is 18.6. The van der Waals surface area contributed by atoms with Crippen molar-refractivity contribution < 1.29 is 109 Å². The van der Waals surface area contributed by atoms with Gasteiger partial charge in [0.25, 0.3) is 0 Å². The van der Waals surface area contributed by atoms with E-state index in [1.165, 1.54) is 19.4 Å². The van der Waals surface area contributed by atoms with Gasteiger partial charge in [0.2, 0.25) is 0 Å². The molecule has 7 fully saturated rings. The Labute approximate surface area is 425 Å². The maximum absolute atomic E-state index is 14.1. The van der Waals surface area contributed by atoms with Gasteiger partial charge < -0.3 is 99.2 Å². The largest absolute Gasteiger partial charge is 0.394 e. The van der Waals surface area contributed by atoms with Gasteiger partial charge >= 0.3 is 0 Å². The Bertz CT molecular complexity index is 1930. The molecule has 0 spiro atoms. The fraction of sp³-hybridized carbons (Fsp3) is 0.922. The minimum Gasteiger partial charge on any atom is -0.394 e. The molecule has 418 valence electrons. The van der Waals surface area contributed by atoms with Crippen LogP contribution < -0.4 is 0 Å². The van der Waals surface area contributed by atoms with Gasteiger partial charge in [0.1, 0.15) is 97.0 Å². The number of Topliss-reactive ketones (excluding diaryl/α,β-unsaturated/α-hetero) is 2. The molecule has 0 aromatic heterocycles. The van der Waals surface area contributed by atoms with Gasteiger partial charge in [-0.05, 0) is 93.3 Å². The number of aliphatic hydroxyl groups is 12. The maximum Gasteiger partial charge on any atom is 0.187 e. The summed E-state index contributed by atoms with van der Waals surface area (Å²) in [5, 5.41) is 126. The minimum absolute atomic E-state index is 0.00532. The number of hydrogen-bond acceptors (Lipinski definition) is 22. The second-order valence-corrected chi connectivity index (χ2v) is 23.2. The van der Waals surface area contributed by atoms with Crippen LogP contribution in [0.15, 0.2) is 11.6 Å². The van der Waals surface area contributed by atoms with Gasteiger partial charge in [-0.3, -0.25) is 9.59 Å². The summed E-state index contributed by atoms with van der Waals surface area (Å²) in [6.45, 7) is 9.94. The molecule has 8 rings (SSSR count). The summed E-state index contributed by atoms with van der Waals surface area (Å²) in [7, 11) is 0. The molecule has 0 aromatic carbocycles. The van der Waals surface area contributed by atoms with E-state index in [1.807, 2.05) is 13.8 Å². The van der Waals surface area contributed by atoms with E-state index in [2.05, 4.69) is 19.9 Å². The van der Waals surface area contributed by atoms with Crippen molar-refractivity contribution in [3.63, 3.8) is 0 Å². The Hall–Kier alpha value is -1.72. The SMILES string of the molecule is CC1O[C@@H](O[C@H]2C(O)C(O[C@@H]3OC(C)[C@H](O)C(O)[C@@H]3O)[C@H](OC3CC[C@@]4(C)C(=CC[C@@H]5[C@@H]4CC[C@]4(C)C([C@H](C)C(=O)CC[C@@H](C)CO[C@@H]6OC(CO)[C@H](O)C(O)C6O)C(=O)C[C@@H]54)C3)O[C@@H]2CO)C(O)C(O)[C@H]1O. The van der Waals surface area contributed by atoms with Crippen molar-refractivity contribution in [1.29, 1.82) is 0 Å². The molecule has 73 heavy (non-hydrogen) atoms. The van der Waals surface area contributed by atoms with Crippen LogP contribution in [0.5, 0.6) is 0 Å². The average Bonchev–Trinajstić information content (AvgIpc) is 3.64. The average molecular weight is 1050 g/mol. The van der Waals surface area contributed by atoms with E-state index in [9.17, 15) is 70.9 Å². The topological polar surface area (TPSA) is 351 Å². The van der Waals surface area contributed by atoms with Crippen LogP contribution in [0.3, 0.4) is 0 Å². The molecule has 0 amide bonds. The number of carbonyl (C=O) groups excluding carboxylic acids is 2. The van der Waals surface area contributed by atoms with E-state index in [0.29, 0.717) is 32.1 Å². The first-order valence-corrected chi connectivity index (χ1v) is 26.4. The van der Waals surface area contributed by atoms with Gasteiger partial charge in [-0.25, -0.2) is 0 Å². The molecule has 12 N–H and O–H groups in total. The normalized spacial score (nSPS) is 51.1. The minimum atomic E-state index is -1.77. The highest BCUT2D eigenvalue weighted by atomic mass is 16.8. The smallest absolute Gasteiger partial charge is 0.187 e. The number of allylic oxidation sites excluding steroid dienone is 1. The van der Waals surface area contributed by atoms with Crippen LogP contribution in [-0.4, -0.2) is 222 Å². The zero-order chi connectivity index (χ0) is 53.2. The standard InChI is InChI=1S/C51H82O22/c1-20(19-66-46-40(62)39(61)36(58)31(17-52)70-46)7-10-29(54)21(2)33-30(55)16-28-26-9-8-24-15-25(11-13-50(24,5)27(26)12-14-51(28,33)6)69-49-45(73-48-42(64)38(60)35(57)23(4)68-48)43(65)44(32(18-53)71-49)72-47-41(63)37(59)34(56)22(3)67-47/h8,20-23,25-28,31-49,52-53,56-65H,7,9-19H2,1-6H3/t20-,21-,22?,23?,25?,26-,27+,28+,31?,32-,33?,34+,35+,36+,37?,38?,39?,40?,41?,42+,43?,44-,45?,46-,47+,48+,49-,50+,51+/m1/s1. The molecule has 4 heterocycles. The molecule has 29 atom stereocenters. The zero-order valence-electron chi connectivity index (χ0n) is 42.6. The number of carbonyl (C=O) groups is 2. The number of rotatable bonds is 16. The monoisotopic (exact) mass is 1050 g/mol. The molecule has 3 saturated carbocycles. The van der Waals surface area contributed by atoms with Crippen molar-refractivity contribution in [2.24, 2.45) is 46.3 Å². The zero-order valence-corrected chi connectivity index (χ0v) is 42.6. The van der Waals surface area contributed by atoms with Gasteiger partial charge in [-0.2, -0.15) is 0 Å². The number of fused-ring (bicyclic) bond motifs is 5. The van der Waals surface area contributed by atoms with Crippen molar-refractivity contribution in [2.45, 2.75) is 228 Å². The molecule has 8 aliphatic rings. The van der Waals surface area contributed by atoms with Crippen molar-refractivity contribution in [3.8, 4) is 0 Å². The Morgan fingerprint density at radius 1 is 0.658 bits per heavy atom. The van der Waals surface area contributed by atoms with Gasteiger partial charge in [0, 0.05) is 24.7 Å². The van der Waals surface area contributed by atoms with Crippen LogP contribution in [0.2, 0.25) is 0 Å². The predicted molar refractivity (Wildman–Crippen MR) is 249 cm³/mol. The Balaban J connectivity index is 0.916. The van der Waals surface area contributed by atoms with Gasteiger partial charge in [-0.1, -0.05) is 39.3 Å². The van der Waals surface area contributed by atoms with Crippen LogP contribution >= 0.6 is 0 Å². The number of hydrogen-bond donors (Lipinski definition) is 12. The molecule has 4 aliphatic carbocycles. The summed E-state index contributed by atoms with van der Waals surface area (Å²) in [5.41, 5.74) is 0.569. The lowest BCUT2D eigenvalue weighted by Gasteiger charge is -2.58. The summed E-state index contributed by atoms with van der Waals surface area (Å²) < 4.78 is 47.6. The molecule has 22 heteroatoms. The molecule has 4 aliphatic heterocycles. The lowest BCUT2D eigenvalue weighted by atomic mass is 9.47. The highest BCUT2D eigenvalue weighted by molar-refractivity contribution is 5.92. The quantitative estimate of drug-likeness (QED) is 0.0749. The fourth-order valence-electron chi connectivity index (χ4n) is 14.0. The van der Waals surface area contributed by atoms with Crippen LogP contribution in [0.4, 0.5) is 0 Å². The Morgan fingerprint density at radius 2 is 1.23 bits per heavy atom. The van der Waals surface area contributed by atoms with Crippen LogP contribution in [0.25, 0.3) is 0 Å². The van der Waals surface area contributed by atoms with Crippen LogP contribution in [0.1, 0.15) is 99.3 Å². The van der Waals surface area contributed by atoms with E-state index < -0.39 is 154 Å². The Morgan fingerprint density at radius 3 is 1.85 bits per heavy atom. The Kier molecular flexibility index (Phi) is 18.0. The van der Waals surface area contributed by atoms with Crippen molar-refractivity contribution in [1.82, 2.24) is 0 Å². The summed E-state index contributed by atoms with van der Waals surface area (Å²) >= 11 is 0. The first-order valence-electron chi connectivity index (χ1n) is 26.4. The highest BCUT2D eigenvalue weighted by Gasteiger charge is 2.63. The number of ether oxygens (including phenoxy) is 8. The summed E-state index contributed by atoms with van der Waals surface area (Å²) in [4.78, 5) is 28.0. The summed E-state index contributed by atoms with van der Waals surface area (Å²) in [6.07, 6.45) is -22.4. The van der Waals surface area contributed by atoms with Gasteiger partial charge in [0.15, 0.2) is 25.2 Å². The third-order valence-corrected chi connectivity index (χ3v) is 18.6. The molecule has 22 nitrogen and oxygen atoms in total. The lowest BCUT2D eigenvalue weighted by molar-refractivity contribution is -0.388. The third kappa shape index (κ3) is 10.9. The van der Waals surface area contributed by atoms with Crippen molar-refractivity contribution >= 4 is 11.6 Å². The summed E-state index contributed by atoms with van der Waals surface area (Å²) in [6, 6.07) is 0.